The second-order valence-corrected chi connectivity index (χ2v) is 7.80. The van der Waals surface area contributed by atoms with Crippen molar-refractivity contribution < 1.29 is 19.1 Å². The molecule has 2 aromatic rings. The van der Waals surface area contributed by atoms with Gasteiger partial charge in [-0.1, -0.05) is 26.5 Å². The van der Waals surface area contributed by atoms with Crippen molar-refractivity contribution in [1.29, 1.82) is 0 Å². The zero-order chi connectivity index (χ0) is 22.8. The Labute approximate surface area is 190 Å². The summed E-state index contributed by atoms with van der Waals surface area (Å²) in [6, 6.07) is 11.3. The van der Waals surface area contributed by atoms with Crippen LogP contribution in [0, 0.1) is 5.92 Å². The molecule has 31 heavy (non-hydrogen) atoms. The standard InChI is InChI=1S/C23H26BrN3O4/c1-5-12-31-20-11-6-16(13-19(20)24)14-25-27-23(29)21(15(2)3)26-22(28)17-7-9-18(30-4)10-8-17/h5-11,13-15,21H,1,12H2,2-4H3,(H,26,28)(H,27,29). The van der Waals surface area contributed by atoms with E-state index in [1.807, 2.05) is 26.0 Å². The summed E-state index contributed by atoms with van der Waals surface area (Å²) in [6.07, 6.45) is 3.18. The second kappa shape index (κ2) is 11.9. The van der Waals surface area contributed by atoms with Crippen LogP contribution in [0.5, 0.6) is 11.5 Å². The van der Waals surface area contributed by atoms with Crippen LogP contribution in [0.2, 0.25) is 0 Å². The Morgan fingerprint density at radius 2 is 1.90 bits per heavy atom. The summed E-state index contributed by atoms with van der Waals surface area (Å²) in [4.78, 5) is 25.1. The Morgan fingerprint density at radius 1 is 1.19 bits per heavy atom. The average molecular weight is 488 g/mol. The van der Waals surface area contributed by atoms with Crippen LogP contribution in [-0.2, 0) is 4.79 Å². The Morgan fingerprint density at radius 3 is 2.48 bits per heavy atom. The summed E-state index contributed by atoms with van der Waals surface area (Å²) < 4.78 is 11.4. The van der Waals surface area contributed by atoms with E-state index in [0.717, 1.165) is 10.0 Å². The summed E-state index contributed by atoms with van der Waals surface area (Å²) in [6.45, 7) is 7.72. The van der Waals surface area contributed by atoms with Gasteiger partial charge in [0, 0.05) is 5.56 Å². The minimum atomic E-state index is -0.742. The molecular weight excluding hydrogens is 462 g/mol. The largest absolute Gasteiger partial charge is 0.497 e. The molecule has 0 saturated carbocycles. The number of hydrogen-bond donors (Lipinski definition) is 2. The first-order valence-electron chi connectivity index (χ1n) is 9.66. The number of ether oxygens (including phenoxy) is 2. The summed E-state index contributed by atoms with van der Waals surface area (Å²) in [5.74, 6) is 0.448. The van der Waals surface area contributed by atoms with E-state index in [-0.39, 0.29) is 11.8 Å². The van der Waals surface area contributed by atoms with Gasteiger partial charge in [0.25, 0.3) is 11.8 Å². The third-order valence-corrected chi connectivity index (χ3v) is 4.91. The lowest BCUT2D eigenvalue weighted by atomic mass is 10.0. The van der Waals surface area contributed by atoms with E-state index in [1.165, 1.54) is 6.21 Å². The second-order valence-electron chi connectivity index (χ2n) is 6.95. The lowest BCUT2D eigenvalue weighted by Gasteiger charge is -2.20. The van der Waals surface area contributed by atoms with Gasteiger partial charge in [-0.3, -0.25) is 9.59 Å². The monoisotopic (exact) mass is 487 g/mol. The molecule has 2 rings (SSSR count). The first-order valence-corrected chi connectivity index (χ1v) is 10.5. The van der Waals surface area contributed by atoms with Gasteiger partial charge in [0.15, 0.2) is 0 Å². The molecule has 0 aliphatic carbocycles. The fraction of sp³-hybridized carbons (Fsp3) is 0.261. The number of benzene rings is 2. The number of nitrogens with zero attached hydrogens (tertiary/aromatic N) is 1. The molecule has 0 bridgehead atoms. The molecule has 8 heteroatoms. The predicted molar refractivity (Wildman–Crippen MR) is 125 cm³/mol. The molecule has 164 valence electrons. The van der Waals surface area contributed by atoms with Gasteiger partial charge in [0.2, 0.25) is 0 Å². The number of rotatable bonds is 10. The van der Waals surface area contributed by atoms with Crippen molar-refractivity contribution >= 4 is 34.0 Å². The first-order chi connectivity index (χ1) is 14.8. The minimum Gasteiger partial charge on any atom is -0.497 e. The van der Waals surface area contributed by atoms with Crippen LogP contribution in [0.15, 0.2) is 64.7 Å². The van der Waals surface area contributed by atoms with Crippen LogP contribution in [0.3, 0.4) is 0 Å². The van der Waals surface area contributed by atoms with Gasteiger partial charge in [-0.15, -0.1) is 0 Å². The molecule has 0 aromatic heterocycles. The molecule has 1 unspecified atom stereocenters. The van der Waals surface area contributed by atoms with Crippen molar-refractivity contribution in [3.05, 3.63) is 70.7 Å². The maximum atomic E-state index is 12.6. The zero-order valence-corrected chi connectivity index (χ0v) is 19.3. The maximum Gasteiger partial charge on any atom is 0.262 e. The summed E-state index contributed by atoms with van der Waals surface area (Å²) in [5.41, 5.74) is 3.69. The minimum absolute atomic E-state index is 0.132. The van der Waals surface area contributed by atoms with Crippen molar-refractivity contribution in [2.45, 2.75) is 19.9 Å². The molecule has 2 amide bonds. The third-order valence-electron chi connectivity index (χ3n) is 4.29. The van der Waals surface area contributed by atoms with Crippen molar-refractivity contribution in [2.24, 2.45) is 11.0 Å². The summed E-state index contributed by atoms with van der Waals surface area (Å²) in [7, 11) is 1.55. The van der Waals surface area contributed by atoms with E-state index in [4.69, 9.17) is 9.47 Å². The Bertz CT molecular complexity index is 942. The van der Waals surface area contributed by atoms with Gasteiger partial charge < -0.3 is 14.8 Å². The topological polar surface area (TPSA) is 89.0 Å². The molecule has 2 aromatic carbocycles. The fourth-order valence-electron chi connectivity index (χ4n) is 2.61. The van der Waals surface area contributed by atoms with Crippen molar-refractivity contribution in [2.75, 3.05) is 13.7 Å². The van der Waals surface area contributed by atoms with Crippen molar-refractivity contribution in [1.82, 2.24) is 10.7 Å². The quantitative estimate of drug-likeness (QED) is 0.302. The normalized spacial score (nSPS) is 11.8. The molecule has 2 N–H and O–H groups in total. The highest BCUT2D eigenvalue weighted by atomic mass is 79.9. The number of methoxy groups -OCH3 is 1. The smallest absolute Gasteiger partial charge is 0.262 e. The van der Waals surface area contributed by atoms with Crippen molar-refractivity contribution in [3.8, 4) is 11.5 Å². The fourth-order valence-corrected chi connectivity index (χ4v) is 3.12. The number of halogens is 1. The Balaban J connectivity index is 1.99. The molecular formula is C23H26BrN3O4. The van der Waals surface area contributed by atoms with Crippen LogP contribution < -0.4 is 20.2 Å². The molecule has 7 nitrogen and oxygen atoms in total. The van der Waals surface area contributed by atoms with E-state index in [9.17, 15) is 9.59 Å². The van der Waals surface area contributed by atoms with Crippen LogP contribution in [0.1, 0.15) is 29.8 Å². The highest BCUT2D eigenvalue weighted by molar-refractivity contribution is 9.10. The molecule has 0 fully saturated rings. The van der Waals surface area contributed by atoms with E-state index >= 15 is 0 Å². The molecule has 0 saturated heterocycles. The highest BCUT2D eigenvalue weighted by Crippen LogP contribution is 2.25. The third kappa shape index (κ3) is 7.25. The Kier molecular flexibility index (Phi) is 9.27. The zero-order valence-electron chi connectivity index (χ0n) is 17.7. The molecule has 0 aliphatic heterocycles. The van der Waals surface area contributed by atoms with Crippen LogP contribution >= 0.6 is 15.9 Å². The van der Waals surface area contributed by atoms with Gasteiger partial charge in [-0.05, 0) is 69.9 Å². The molecule has 0 aliphatic rings. The first kappa shape index (κ1) is 24.1. The molecule has 0 radical (unpaired) electrons. The number of carbonyl (C=O) groups excluding carboxylic acids is 2. The van der Waals surface area contributed by atoms with E-state index in [2.05, 4.69) is 38.4 Å². The molecule has 0 heterocycles. The number of hydrogen-bond acceptors (Lipinski definition) is 5. The van der Waals surface area contributed by atoms with Gasteiger partial charge in [0.05, 0.1) is 17.8 Å². The molecule has 1 atom stereocenters. The number of hydrazone groups is 1. The maximum absolute atomic E-state index is 12.6. The van der Waals surface area contributed by atoms with Crippen molar-refractivity contribution in [3.63, 3.8) is 0 Å². The molecule has 0 spiro atoms. The van der Waals surface area contributed by atoms with Crippen LogP contribution in [0.4, 0.5) is 0 Å². The van der Waals surface area contributed by atoms with E-state index in [1.54, 1.807) is 43.5 Å². The summed E-state index contributed by atoms with van der Waals surface area (Å²) >= 11 is 3.44. The average Bonchev–Trinajstić information content (AvgIpc) is 2.76. The Hall–Kier alpha value is -3.13. The number of carbonyl (C=O) groups is 2. The van der Waals surface area contributed by atoms with Gasteiger partial charge in [-0.25, -0.2) is 5.43 Å². The lowest BCUT2D eigenvalue weighted by Crippen LogP contribution is -2.48. The van der Waals surface area contributed by atoms with E-state index < -0.39 is 11.9 Å². The number of nitrogens with one attached hydrogen (secondary N) is 2. The predicted octanol–water partition coefficient (Wildman–Crippen LogP) is 3.93. The number of amides is 2. The van der Waals surface area contributed by atoms with Crippen LogP contribution in [0.25, 0.3) is 0 Å². The van der Waals surface area contributed by atoms with Crippen LogP contribution in [-0.4, -0.2) is 37.8 Å². The van der Waals surface area contributed by atoms with E-state index in [0.29, 0.717) is 23.7 Å². The highest BCUT2D eigenvalue weighted by Gasteiger charge is 2.24. The van der Waals surface area contributed by atoms with Gasteiger partial charge >= 0.3 is 0 Å². The van der Waals surface area contributed by atoms with Gasteiger partial charge in [-0.2, -0.15) is 5.10 Å². The lowest BCUT2D eigenvalue weighted by molar-refractivity contribution is -0.123. The SMILES string of the molecule is C=CCOc1ccc(C=NNC(=O)C(NC(=O)c2ccc(OC)cc2)C(C)C)cc1Br. The summed E-state index contributed by atoms with van der Waals surface area (Å²) in [5, 5.41) is 6.77. The van der Waals surface area contributed by atoms with Gasteiger partial charge in [0.1, 0.15) is 24.1 Å².